The third-order valence-electron chi connectivity index (χ3n) is 0.759. The number of carbonyl (C=O) groups excluding carboxylic acids is 1. The monoisotopic (exact) mass is 102 g/mol. The quantitative estimate of drug-likeness (QED) is 0.421. The molecule has 0 aromatic carbocycles. The minimum Gasteiger partial charge on any atom is -0.344 e. The SMILES string of the molecule is O=CC1OCCO1. The van der Waals surface area contributed by atoms with E-state index in [1.165, 1.54) is 0 Å². The van der Waals surface area contributed by atoms with E-state index in [0.29, 0.717) is 19.5 Å². The first kappa shape index (κ1) is 4.74. The Morgan fingerprint density at radius 3 is 2.29 bits per heavy atom. The van der Waals surface area contributed by atoms with E-state index < -0.39 is 6.29 Å². The number of aldehydes is 1. The lowest BCUT2D eigenvalue weighted by Crippen LogP contribution is -2.07. The van der Waals surface area contributed by atoms with Gasteiger partial charge in [-0.3, -0.25) is 4.79 Å². The molecule has 0 saturated carbocycles. The highest BCUT2D eigenvalue weighted by Crippen LogP contribution is 1.98. The molecule has 3 heteroatoms. The molecule has 0 bridgehead atoms. The summed E-state index contributed by atoms with van der Waals surface area (Å²) in [7, 11) is 0. The summed E-state index contributed by atoms with van der Waals surface area (Å²) >= 11 is 0. The van der Waals surface area contributed by atoms with Gasteiger partial charge in [0.1, 0.15) is 0 Å². The Labute approximate surface area is 41.2 Å². The van der Waals surface area contributed by atoms with Crippen molar-refractivity contribution in [1.82, 2.24) is 0 Å². The molecule has 40 valence electrons. The number of hydrogen-bond donors (Lipinski definition) is 0. The first-order chi connectivity index (χ1) is 3.43. The van der Waals surface area contributed by atoms with Crippen LogP contribution in [0.15, 0.2) is 0 Å². The van der Waals surface area contributed by atoms with Crippen LogP contribution in [0.25, 0.3) is 0 Å². The van der Waals surface area contributed by atoms with Crippen molar-refractivity contribution in [3.8, 4) is 0 Å². The zero-order valence-corrected chi connectivity index (χ0v) is 3.79. The molecule has 1 heterocycles. The molecule has 0 aromatic rings. The van der Waals surface area contributed by atoms with Crippen molar-refractivity contribution >= 4 is 6.29 Å². The average molecular weight is 102 g/mol. The number of rotatable bonds is 1. The Hall–Kier alpha value is -0.410. The second-order valence-electron chi connectivity index (χ2n) is 1.25. The maximum absolute atomic E-state index is 9.76. The van der Waals surface area contributed by atoms with Crippen LogP contribution in [0, 0.1) is 0 Å². The summed E-state index contributed by atoms with van der Waals surface area (Å²) in [5.41, 5.74) is 0. The summed E-state index contributed by atoms with van der Waals surface area (Å²) < 4.78 is 9.42. The first-order valence-electron chi connectivity index (χ1n) is 2.12. The fourth-order valence-corrected chi connectivity index (χ4v) is 0.455. The molecule has 1 aliphatic rings. The lowest BCUT2D eigenvalue weighted by molar-refractivity contribution is -0.130. The highest BCUT2D eigenvalue weighted by Gasteiger charge is 2.12. The molecule has 7 heavy (non-hydrogen) atoms. The van der Waals surface area contributed by atoms with Crippen molar-refractivity contribution in [3.05, 3.63) is 0 Å². The van der Waals surface area contributed by atoms with Gasteiger partial charge in [0, 0.05) is 0 Å². The van der Waals surface area contributed by atoms with Gasteiger partial charge in [0.15, 0.2) is 6.29 Å². The lowest BCUT2D eigenvalue weighted by Gasteiger charge is -1.93. The van der Waals surface area contributed by atoms with E-state index in [-0.39, 0.29) is 0 Å². The fourth-order valence-electron chi connectivity index (χ4n) is 0.455. The van der Waals surface area contributed by atoms with Crippen LogP contribution in [0.3, 0.4) is 0 Å². The van der Waals surface area contributed by atoms with Crippen LogP contribution in [0.1, 0.15) is 0 Å². The summed E-state index contributed by atoms with van der Waals surface area (Å²) in [6.07, 6.45) is 0.0625. The summed E-state index contributed by atoms with van der Waals surface area (Å²) in [4.78, 5) is 9.76. The summed E-state index contributed by atoms with van der Waals surface area (Å²) in [5.74, 6) is 0. The Bertz CT molecular complexity index is 65.3. The van der Waals surface area contributed by atoms with Gasteiger partial charge in [0.05, 0.1) is 13.2 Å². The lowest BCUT2D eigenvalue weighted by atomic mass is 10.7. The largest absolute Gasteiger partial charge is 0.344 e. The van der Waals surface area contributed by atoms with Crippen molar-refractivity contribution in [2.24, 2.45) is 0 Å². The number of carbonyl (C=O) groups is 1. The van der Waals surface area contributed by atoms with Crippen molar-refractivity contribution in [1.29, 1.82) is 0 Å². The third kappa shape index (κ3) is 0.976. The van der Waals surface area contributed by atoms with E-state index in [1.54, 1.807) is 0 Å². The highest BCUT2D eigenvalue weighted by molar-refractivity contribution is 5.54. The van der Waals surface area contributed by atoms with Crippen LogP contribution >= 0.6 is 0 Å². The fraction of sp³-hybridized carbons (Fsp3) is 0.750. The van der Waals surface area contributed by atoms with Crippen molar-refractivity contribution in [2.75, 3.05) is 13.2 Å². The van der Waals surface area contributed by atoms with Crippen LogP contribution in [-0.4, -0.2) is 25.8 Å². The molecule has 3 nitrogen and oxygen atoms in total. The van der Waals surface area contributed by atoms with Crippen LogP contribution in [0.5, 0.6) is 0 Å². The smallest absolute Gasteiger partial charge is 0.214 e. The van der Waals surface area contributed by atoms with Gasteiger partial charge in [-0.2, -0.15) is 0 Å². The molecule has 0 aliphatic carbocycles. The second kappa shape index (κ2) is 2.04. The van der Waals surface area contributed by atoms with Gasteiger partial charge in [-0.15, -0.1) is 0 Å². The molecule has 0 unspecified atom stereocenters. The van der Waals surface area contributed by atoms with E-state index in [0.717, 1.165) is 0 Å². The number of hydrogen-bond acceptors (Lipinski definition) is 3. The average Bonchev–Trinajstić information content (AvgIpc) is 2.14. The van der Waals surface area contributed by atoms with Crippen molar-refractivity contribution < 1.29 is 14.3 Å². The topological polar surface area (TPSA) is 35.5 Å². The normalized spacial score (nSPS) is 22.9. The standard InChI is InChI=1S/C4H6O3/c5-3-4-6-1-2-7-4/h3-4H,1-2H2. The Balaban J connectivity index is 2.26. The molecule has 0 N–H and O–H groups in total. The van der Waals surface area contributed by atoms with E-state index in [4.69, 9.17) is 9.47 Å². The number of ether oxygens (including phenoxy) is 2. The van der Waals surface area contributed by atoms with Crippen LogP contribution in [0.2, 0.25) is 0 Å². The summed E-state index contributed by atoms with van der Waals surface area (Å²) in [6, 6.07) is 0. The van der Waals surface area contributed by atoms with Gasteiger partial charge in [-0.25, -0.2) is 0 Å². The summed E-state index contributed by atoms with van der Waals surface area (Å²) in [5, 5.41) is 0. The minimum absolute atomic E-state index is 0.545. The molecule has 1 aliphatic heterocycles. The predicted octanol–water partition coefficient (Wildman–Crippen LogP) is -0.442. The maximum Gasteiger partial charge on any atom is 0.214 e. The van der Waals surface area contributed by atoms with E-state index in [1.807, 2.05) is 0 Å². The van der Waals surface area contributed by atoms with E-state index in [9.17, 15) is 4.79 Å². The van der Waals surface area contributed by atoms with E-state index >= 15 is 0 Å². The maximum atomic E-state index is 9.76. The second-order valence-corrected chi connectivity index (χ2v) is 1.25. The Morgan fingerprint density at radius 2 is 2.00 bits per heavy atom. The zero-order chi connectivity index (χ0) is 5.11. The molecule has 1 fully saturated rings. The van der Waals surface area contributed by atoms with E-state index in [2.05, 4.69) is 0 Å². The molecule has 0 atom stereocenters. The van der Waals surface area contributed by atoms with Crippen molar-refractivity contribution in [3.63, 3.8) is 0 Å². The third-order valence-corrected chi connectivity index (χ3v) is 0.759. The molecule has 0 spiro atoms. The molecule has 1 rings (SSSR count). The molecule has 1 saturated heterocycles. The molecular formula is C4H6O3. The molecule has 0 radical (unpaired) electrons. The molecule has 0 amide bonds. The highest BCUT2D eigenvalue weighted by atomic mass is 16.7. The van der Waals surface area contributed by atoms with Gasteiger partial charge in [-0.05, 0) is 0 Å². The predicted molar refractivity (Wildman–Crippen MR) is 21.8 cm³/mol. The Kier molecular flexibility index (Phi) is 1.38. The minimum atomic E-state index is -0.583. The Morgan fingerprint density at radius 1 is 1.43 bits per heavy atom. The van der Waals surface area contributed by atoms with Gasteiger partial charge in [-0.1, -0.05) is 0 Å². The van der Waals surface area contributed by atoms with Gasteiger partial charge in [0.2, 0.25) is 6.29 Å². The zero-order valence-electron chi connectivity index (χ0n) is 3.79. The first-order valence-corrected chi connectivity index (χ1v) is 2.12. The van der Waals surface area contributed by atoms with Crippen LogP contribution in [0.4, 0.5) is 0 Å². The van der Waals surface area contributed by atoms with Crippen LogP contribution in [-0.2, 0) is 14.3 Å². The van der Waals surface area contributed by atoms with Gasteiger partial charge in [0.25, 0.3) is 0 Å². The van der Waals surface area contributed by atoms with Gasteiger partial charge >= 0.3 is 0 Å². The molecular weight excluding hydrogens is 96.0 g/mol. The van der Waals surface area contributed by atoms with Crippen LogP contribution < -0.4 is 0 Å². The molecule has 0 aromatic heterocycles. The summed E-state index contributed by atoms with van der Waals surface area (Å²) in [6.45, 7) is 1.09. The van der Waals surface area contributed by atoms with Gasteiger partial charge < -0.3 is 9.47 Å². The van der Waals surface area contributed by atoms with Crippen molar-refractivity contribution in [2.45, 2.75) is 6.29 Å².